The molecule has 3 heterocycles. The molecule has 5 heteroatoms. The number of hydrogen-bond donors (Lipinski definition) is 0. The van der Waals surface area contributed by atoms with E-state index in [0.29, 0.717) is 0 Å². The van der Waals surface area contributed by atoms with Crippen molar-refractivity contribution in [1.29, 1.82) is 0 Å². The first-order chi connectivity index (χ1) is 7.84. The Kier molecular flexibility index (Phi) is 2.23. The molecular formula is C11H15N5. The van der Waals surface area contributed by atoms with E-state index in [1.54, 1.807) is 0 Å². The van der Waals surface area contributed by atoms with Gasteiger partial charge in [0.1, 0.15) is 0 Å². The molecule has 0 amide bonds. The van der Waals surface area contributed by atoms with Crippen molar-refractivity contribution in [3.8, 4) is 0 Å². The van der Waals surface area contributed by atoms with Crippen molar-refractivity contribution < 1.29 is 0 Å². The topological polar surface area (TPSA) is 46.3 Å². The molecule has 0 bridgehead atoms. The third kappa shape index (κ3) is 1.52. The van der Waals surface area contributed by atoms with Crippen LogP contribution in [-0.2, 0) is 0 Å². The molecule has 5 nitrogen and oxygen atoms in total. The monoisotopic (exact) mass is 217 g/mol. The SMILES string of the molecule is Cc1ccc2nnc(N3CCCCC3)n2n1. The van der Waals surface area contributed by atoms with E-state index in [1.165, 1.54) is 19.3 Å². The summed E-state index contributed by atoms with van der Waals surface area (Å²) in [7, 11) is 0. The third-order valence-electron chi connectivity index (χ3n) is 3.02. The van der Waals surface area contributed by atoms with Crippen LogP contribution in [0.15, 0.2) is 12.1 Å². The number of fused-ring (bicyclic) bond motifs is 1. The molecule has 0 N–H and O–H groups in total. The van der Waals surface area contributed by atoms with Crippen LogP contribution in [0.25, 0.3) is 5.65 Å². The molecule has 0 aromatic carbocycles. The zero-order valence-corrected chi connectivity index (χ0v) is 9.43. The van der Waals surface area contributed by atoms with Gasteiger partial charge >= 0.3 is 0 Å². The van der Waals surface area contributed by atoms with Crippen LogP contribution in [0.3, 0.4) is 0 Å². The molecule has 84 valence electrons. The first kappa shape index (κ1) is 9.57. The molecule has 0 atom stereocenters. The van der Waals surface area contributed by atoms with Crippen LogP contribution in [-0.4, -0.2) is 32.9 Å². The maximum atomic E-state index is 4.46. The van der Waals surface area contributed by atoms with Crippen molar-refractivity contribution in [3.63, 3.8) is 0 Å². The van der Waals surface area contributed by atoms with Crippen LogP contribution in [0.4, 0.5) is 5.95 Å². The number of aromatic nitrogens is 4. The molecule has 0 aliphatic carbocycles. The molecule has 16 heavy (non-hydrogen) atoms. The number of piperidine rings is 1. The molecule has 2 aromatic rings. The fraction of sp³-hybridized carbons (Fsp3) is 0.545. The average molecular weight is 217 g/mol. The van der Waals surface area contributed by atoms with Gasteiger partial charge in [-0.3, -0.25) is 0 Å². The van der Waals surface area contributed by atoms with Crippen LogP contribution in [0.2, 0.25) is 0 Å². The van der Waals surface area contributed by atoms with Crippen LogP contribution in [0.5, 0.6) is 0 Å². The first-order valence-corrected chi connectivity index (χ1v) is 5.78. The number of anilines is 1. The highest BCUT2D eigenvalue weighted by molar-refractivity contribution is 5.45. The Hall–Kier alpha value is -1.65. The van der Waals surface area contributed by atoms with Crippen LogP contribution >= 0.6 is 0 Å². The summed E-state index contributed by atoms with van der Waals surface area (Å²) in [4.78, 5) is 2.27. The predicted octanol–water partition coefficient (Wildman–Crippen LogP) is 1.42. The lowest BCUT2D eigenvalue weighted by Gasteiger charge is -2.25. The van der Waals surface area contributed by atoms with Gasteiger partial charge in [0.05, 0.1) is 5.69 Å². The number of aryl methyl sites for hydroxylation is 1. The summed E-state index contributed by atoms with van der Waals surface area (Å²) < 4.78 is 1.85. The normalized spacial score (nSPS) is 16.9. The van der Waals surface area contributed by atoms with Crippen molar-refractivity contribution in [2.45, 2.75) is 26.2 Å². The van der Waals surface area contributed by atoms with E-state index in [0.717, 1.165) is 30.4 Å². The highest BCUT2D eigenvalue weighted by Gasteiger charge is 2.17. The molecule has 1 aliphatic heterocycles. The number of hydrogen-bond acceptors (Lipinski definition) is 4. The van der Waals surface area contributed by atoms with Gasteiger partial charge in [-0.1, -0.05) is 0 Å². The van der Waals surface area contributed by atoms with Crippen LogP contribution in [0, 0.1) is 6.92 Å². The van der Waals surface area contributed by atoms with E-state index in [4.69, 9.17) is 0 Å². The Morgan fingerprint density at radius 3 is 2.69 bits per heavy atom. The average Bonchev–Trinajstić information content (AvgIpc) is 2.73. The van der Waals surface area contributed by atoms with Crippen molar-refractivity contribution in [2.24, 2.45) is 0 Å². The van der Waals surface area contributed by atoms with Crippen molar-refractivity contribution in [3.05, 3.63) is 17.8 Å². The molecule has 2 aromatic heterocycles. The molecule has 1 fully saturated rings. The summed E-state index contributed by atoms with van der Waals surface area (Å²) >= 11 is 0. The summed E-state index contributed by atoms with van der Waals surface area (Å²) in [6, 6.07) is 3.92. The van der Waals surface area contributed by atoms with Crippen molar-refractivity contribution in [2.75, 3.05) is 18.0 Å². The molecule has 0 unspecified atom stereocenters. The minimum atomic E-state index is 0.825. The van der Waals surface area contributed by atoms with E-state index >= 15 is 0 Å². The molecular weight excluding hydrogens is 202 g/mol. The summed E-state index contributed by atoms with van der Waals surface area (Å²) in [6.45, 7) is 4.12. The maximum Gasteiger partial charge on any atom is 0.248 e. The molecule has 0 spiro atoms. The van der Waals surface area contributed by atoms with Gasteiger partial charge in [0.15, 0.2) is 5.65 Å². The highest BCUT2D eigenvalue weighted by atomic mass is 15.5. The Morgan fingerprint density at radius 1 is 1.06 bits per heavy atom. The van der Waals surface area contributed by atoms with Crippen molar-refractivity contribution >= 4 is 11.6 Å². The van der Waals surface area contributed by atoms with Gasteiger partial charge in [0, 0.05) is 13.1 Å². The van der Waals surface area contributed by atoms with Gasteiger partial charge in [-0.2, -0.15) is 9.61 Å². The van der Waals surface area contributed by atoms with E-state index < -0.39 is 0 Å². The van der Waals surface area contributed by atoms with Gasteiger partial charge in [-0.25, -0.2) is 0 Å². The fourth-order valence-corrected chi connectivity index (χ4v) is 2.16. The second-order valence-corrected chi connectivity index (χ2v) is 4.29. The minimum absolute atomic E-state index is 0.825. The predicted molar refractivity (Wildman–Crippen MR) is 61.6 cm³/mol. The van der Waals surface area contributed by atoms with Gasteiger partial charge < -0.3 is 4.90 Å². The number of nitrogens with zero attached hydrogens (tertiary/aromatic N) is 5. The summed E-state index contributed by atoms with van der Waals surface area (Å²) in [6.07, 6.45) is 3.79. The lowest BCUT2D eigenvalue weighted by molar-refractivity contribution is 0.563. The quantitative estimate of drug-likeness (QED) is 0.724. The Balaban J connectivity index is 2.05. The van der Waals surface area contributed by atoms with Gasteiger partial charge in [-0.05, 0) is 38.3 Å². The van der Waals surface area contributed by atoms with Gasteiger partial charge in [0.2, 0.25) is 5.95 Å². The van der Waals surface area contributed by atoms with Crippen molar-refractivity contribution in [1.82, 2.24) is 19.8 Å². The standard InChI is InChI=1S/C11H15N5/c1-9-5-6-10-12-13-11(16(10)14-9)15-7-3-2-4-8-15/h5-6H,2-4,7-8H2,1H3. The Labute approximate surface area is 94.1 Å². The largest absolute Gasteiger partial charge is 0.339 e. The molecule has 3 rings (SSSR count). The smallest absolute Gasteiger partial charge is 0.248 e. The molecule has 0 radical (unpaired) electrons. The first-order valence-electron chi connectivity index (χ1n) is 5.78. The van der Waals surface area contributed by atoms with E-state index in [2.05, 4.69) is 20.2 Å². The Bertz CT molecular complexity index is 498. The zero-order valence-electron chi connectivity index (χ0n) is 9.43. The minimum Gasteiger partial charge on any atom is -0.339 e. The van der Waals surface area contributed by atoms with E-state index in [9.17, 15) is 0 Å². The molecule has 1 aliphatic rings. The Morgan fingerprint density at radius 2 is 1.88 bits per heavy atom. The van der Waals surface area contributed by atoms with Crippen LogP contribution in [0.1, 0.15) is 25.0 Å². The summed E-state index contributed by atoms with van der Waals surface area (Å²) in [5.41, 5.74) is 1.82. The zero-order chi connectivity index (χ0) is 11.0. The molecule has 0 saturated carbocycles. The third-order valence-corrected chi connectivity index (χ3v) is 3.02. The van der Waals surface area contributed by atoms with Crippen LogP contribution < -0.4 is 4.90 Å². The second kappa shape index (κ2) is 3.73. The lowest BCUT2D eigenvalue weighted by Crippen LogP contribution is -2.31. The van der Waals surface area contributed by atoms with Gasteiger partial charge in [0.25, 0.3) is 0 Å². The number of rotatable bonds is 1. The maximum absolute atomic E-state index is 4.46. The van der Waals surface area contributed by atoms with E-state index in [-0.39, 0.29) is 0 Å². The summed E-state index contributed by atoms with van der Waals surface area (Å²) in [5.74, 6) is 0.887. The second-order valence-electron chi connectivity index (χ2n) is 4.29. The van der Waals surface area contributed by atoms with Gasteiger partial charge in [-0.15, -0.1) is 10.2 Å². The van der Waals surface area contributed by atoms with E-state index in [1.807, 2.05) is 23.6 Å². The highest BCUT2D eigenvalue weighted by Crippen LogP contribution is 2.17. The molecule has 1 saturated heterocycles. The summed E-state index contributed by atoms with van der Waals surface area (Å²) in [5, 5.41) is 12.8. The fourth-order valence-electron chi connectivity index (χ4n) is 2.16. The lowest BCUT2D eigenvalue weighted by atomic mass is 10.1.